The van der Waals surface area contributed by atoms with Crippen LogP contribution < -0.4 is 0 Å². The summed E-state index contributed by atoms with van der Waals surface area (Å²) >= 11 is 0. The van der Waals surface area contributed by atoms with Crippen molar-refractivity contribution >= 4 is 8.29 Å². The molecule has 0 spiro atoms. The second-order valence-corrected chi connectivity index (χ2v) is 18.4. The molecular formula is C6H18S. The molecule has 0 aromatic heterocycles. The lowest BCUT2D eigenvalue weighted by atomic mass is 11.7. The monoisotopic (exact) mass is 122 g/mol. The van der Waals surface area contributed by atoms with Crippen LogP contribution >= 0.6 is 8.29 Å². The zero-order valence-electron chi connectivity index (χ0n) is 6.41. The molecule has 0 radical (unpaired) electrons. The highest BCUT2D eigenvalue weighted by molar-refractivity contribution is 8.62. The second-order valence-electron chi connectivity index (χ2n) is 6.12. The maximum absolute atomic E-state index is 2.35. The van der Waals surface area contributed by atoms with Crippen LogP contribution in [0.1, 0.15) is 0 Å². The van der Waals surface area contributed by atoms with E-state index in [2.05, 4.69) is 37.5 Å². The lowest BCUT2D eigenvalue weighted by molar-refractivity contribution is 1.73. The molecule has 0 nitrogen and oxygen atoms in total. The molecule has 0 aliphatic rings. The molecule has 1 heteroatoms. The van der Waals surface area contributed by atoms with E-state index in [1.807, 2.05) is 0 Å². The van der Waals surface area contributed by atoms with E-state index in [-0.39, 0.29) is 0 Å². The van der Waals surface area contributed by atoms with Crippen molar-refractivity contribution in [2.45, 2.75) is 0 Å². The number of rotatable bonds is 0. The molecule has 48 valence electrons. The average molecular weight is 122 g/mol. The van der Waals surface area contributed by atoms with Crippen molar-refractivity contribution in [3.8, 4) is 0 Å². The van der Waals surface area contributed by atoms with Gasteiger partial charge in [-0.3, -0.25) is 8.29 Å². The fourth-order valence-corrected chi connectivity index (χ4v) is 0. The highest BCUT2D eigenvalue weighted by Crippen LogP contribution is 2.71. The van der Waals surface area contributed by atoms with E-state index in [0.717, 1.165) is 0 Å². The summed E-state index contributed by atoms with van der Waals surface area (Å²) in [4.78, 5) is 0. The van der Waals surface area contributed by atoms with Crippen molar-refractivity contribution in [2.75, 3.05) is 37.5 Å². The van der Waals surface area contributed by atoms with Crippen molar-refractivity contribution in [1.82, 2.24) is 0 Å². The normalized spacial score (nSPS) is 23.1. The summed E-state index contributed by atoms with van der Waals surface area (Å²) in [6.07, 6.45) is 14.1. The fraction of sp³-hybridized carbons (Fsp3) is 1.00. The van der Waals surface area contributed by atoms with E-state index >= 15 is 0 Å². The predicted octanol–water partition coefficient (Wildman–Crippen LogP) is 1.64. The molecule has 0 rings (SSSR count). The summed E-state index contributed by atoms with van der Waals surface area (Å²) in [7, 11) is -1.47. The quantitative estimate of drug-likeness (QED) is 0.458. The van der Waals surface area contributed by atoms with Gasteiger partial charge in [0.2, 0.25) is 0 Å². The van der Waals surface area contributed by atoms with Crippen molar-refractivity contribution in [3.63, 3.8) is 0 Å². The van der Waals surface area contributed by atoms with Gasteiger partial charge in [0.25, 0.3) is 0 Å². The molecule has 0 saturated heterocycles. The van der Waals surface area contributed by atoms with Crippen molar-refractivity contribution < 1.29 is 0 Å². The van der Waals surface area contributed by atoms with Crippen molar-refractivity contribution in [2.24, 2.45) is 0 Å². The summed E-state index contributed by atoms with van der Waals surface area (Å²) in [5.41, 5.74) is 0. The Morgan fingerprint density at radius 2 is 0.571 bits per heavy atom. The van der Waals surface area contributed by atoms with Gasteiger partial charge in [-0.05, 0) is 37.5 Å². The molecular weight excluding hydrogens is 104 g/mol. The third-order valence-corrected chi connectivity index (χ3v) is 0. The molecule has 0 amide bonds. The van der Waals surface area contributed by atoms with Gasteiger partial charge in [0.05, 0.1) is 0 Å². The lowest BCUT2D eigenvalue weighted by Gasteiger charge is -2.62. The Bertz CT molecular complexity index is 62.7. The van der Waals surface area contributed by atoms with E-state index in [4.69, 9.17) is 0 Å². The zero-order chi connectivity index (χ0) is 6.41. The average Bonchev–Trinajstić information content (AvgIpc) is 0.592. The Labute approximate surface area is 46.6 Å². The molecule has 0 bridgehead atoms. The third-order valence-electron chi connectivity index (χ3n) is 0. The van der Waals surface area contributed by atoms with Gasteiger partial charge in [-0.2, -0.15) is 0 Å². The Kier molecular flexibility index (Phi) is 0.810. The molecule has 0 aliphatic carbocycles. The summed E-state index contributed by atoms with van der Waals surface area (Å²) in [6.45, 7) is 0. The first-order valence-corrected chi connectivity index (χ1v) is 7.35. The van der Waals surface area contributed by atoms with Crippen LogP contribution in [0, 0.1) is 0 Å². The minimum atomic E-state index is -1.47. The first kappa shape index (κ1) is 7.35. The van der Waals surface area contributed by atoms with Gasteiger partial charge in [-0.15, -0.1) is 0 Å². The van der Waals surface area contributed by atoms with Gasteiger partial charge in [0, 0.05) is 0 Å². The summed E-state index contributed by atoms with van der Waals surface area (Å²) in [6, 6.07) is 0. The largest absolute Gasteiger partial charge is 0.288 e. The Morgan fingerprint density at radius 3 is 0.571 bits per heavy atom. The summed E-state index contributed by atoms with van der Waals surface area (Å²) in [5, 5.41) is 0. The molecule has 0 aromatic rings. The molecule has 0 saturated carbocycles. The van der Waals surface area contributed by atoms with Gasteiger partial charge in [-0.1, -0.05) is 0 Å². The standard InChI is InChI=1S/C6H18S/c1-7(2,3,4,5)6/h1-6H3. The van der Waals surface area contributed by atoms with E-state index in [1.165, 1.54) is 0 Å². The van der Waals surface area contributed by atoms with Crippen LogP contribution in [0.15, 0.2) is 0 Å². The minimum Gasteiger partial charge on any atom is -0.288 e. The van der Waals surface area contributed by atoms with E-state index in [1.54, 1.807) is 0 Å². The van der Waals surface area contributed by atoms with E-state index in [0.29, 0.717) is 0 Å². The third kappa shape index (κ3) is 981. The molecule has 0 fully saturated rings. The SMILES string of the molecule is CS(C)(C)(C)(C)C. The predicted molar refractivity (Wildman–Crippen MR) is 43.1 cm³/mol. The Hall–Kier alpha value is 0.350. The smallest absolute Gasteiger partial charge is 0.0465 e. The van der Waals surface area contributed by atoms with Gasteiger partial charge in [-0.25, -0.2) is 0 Å². The molecule has 0 unspecified atom stereocenters. The first-order valence-electron chi connectivity index (χ1n) is 2.45. The van der Waals surface area contributed by atoms with Crippen LogP contribution in [0.5, 0.6) is 0 Å². The molecule has 0 atom stereocenters. The van der Waals surface area contributed by atoms with E-state index < -0.39 is 8.29 Å². The van der Waals surface area contributed by atoms with Crippen LogP contribution in [-0.2, 0) is 0 Å². The van der Waals surface area contributed by atoms with Gasteiger partial charge in [0.1, 0.15) is 0 Å². The summed E-state index contributed by atoms with van der Waals surface area (Å²) in [5.74, 6) is 0. The van der Waals surface area contributed by atoms with Crippen LogP contribution in [0.25, 0.3) is 0 Å². The Morgan fingerprint density at radius 1 is 0.571 bits per heavy atom. The summed E-state index contributed by atoms with van der Waals surface area (Å²) < 4.78 is 0. The van der Waals surface area contributed by atoms with Crippen LogP contribution in [-0.4, -0.2) is 37.5 Å². The van der Waals surface area contributed by atoms with Crippen LogP contribution in [0.2, 0.25) is 0 Å². The van der Waals surface area contributed by atoms with Crippen molar-refractivity contribution in [1.29, 1.82) is 0 Å². The van der Waals surface area contributed by atoms with Gasteiger partial charge < -0.3 is 0 Å². The first-order chi connectivity index (χ1) is 2.45. The second kappa shape index (κ2) is 0.771. The minimum absolute atomic E-state index is 1.47. The molecule has 7 heavy (non-hydrogen) atoms. The topological polar surface area (TPSA) is 0 Å². The fourth-order valence-electron chi connectivity index (χ4n) is 0. The van der Waals surface area contributed by atoms with Crippen LogP contribution in [0.4, 0.5) is 0 Å². The maximum Gasteiger partial charge on any atom is -0.0465 e. The molecule has 0 aromatic carbocycles. The Balaban J connectivity index is 4.43. The highest BCUT2D eigenvalue weighted by atomic mass is 32.4. The van der Waals surface area contributed by atoms with Gasteiger partial charge >= 0.3 is 0 Å². The molecule has 0 aliphatic heterocycles. The van der Waals surface area contributed by atoms with Crippen molar-refractivity contribution in [3.05, 3.63) is 0 Å². The number of hydrogen-bond acceptors (Lipinski definition) is 0. The van der Waals surface area contributed by atoms with E-state index in [9.17, 15) is 0 Å². The van der Waals surface area contributed by atoms with Gasteiger partial charge in [0.15, 0.2) is 0 Å². The lowest BCUT2D eigenvalue weighted by Crippen LogP contribution is -2.26. The highest BCUT2D eigenvalue weighted by Gasteiger charge is 2.29. The number of hydrogen-bond donors (Lipinski definition) is 0. The molecule has 0 heterocycles. The maximum atomic E-state index is 2.35. The van der Waals surface area contributed by atoms with Crippen LogP contribution in [0.3, 0.4) is 0 Å². The molecule has 0 N–H and O–H groups in total. The zero-order valence-corrected chi connectivity index (χ0v) is 7.22.